The fourth-order valence-corrected chi connectivity index (χ4v) is 14.1. The van der Waals surface area contributed by atoms with E-state index in [9.17, 15) is 4.79 Å². The van der Waals surface area contributed by atoms with Gasteiger partial charge < -0.3 is 20.2 Å². The van der Waals surface area contributed by atoms with Gasteiger partial charge in [-0.15, -0.1) is 10.2 Å². The van der Waals surface area contributed by atoms with E-state index >= 15 is 9.59 Å². The second-order valence-corrected chi connectivity index (χ2v) is 24.0. The Kier molecular flexibility index (Phi) is 16.1. The van der Waals surface area contributed by atoms with Crippen molar-refractivity contribution in [3.8, 4) is 0 Å². The van der Waals surface area contributed by atoms with Crippen LogP contribution in [0.4, 0.5) is 5.13 Å². The molecule has 2 unspecified atom stereocenters. The predicted octanol–water partition coefficient (Wildman–Crippen LogP) is 14.2. The smallest absolute Gasteiger partial charge is 0.356 e. The van der Waals surface area contributed by atoms with E-state index in [1.54, 1.807) is 0 Å². The number of fused-ring (bicyclic) bond motifs is 1. The molecule has 2 N–H and O–H groups in total. The van der Waals surface area contributed by atoms with Gasteiger partial charge in [0.15, 0.2) is 21.3 Å². The number of nitrogens with one attached hydrogen (secondary N) is 2. The number of hydrogen-bond donors (Lipinski definition) is 2. The highest BCUT2D eigenvalue weighted by Gasteiger charge is 2.55. The fourth-order valence-electron chi connectivity index (χ4n) is 10.8. The van der Waals surface area contributed by atoms with Crippen molar-refractivity contribution in [1.29, 1.82) is 0 Å². The molecule has 2 aliphatic heterocycles. The molecular weight excluding hydrogens is 1140 g/mol. The van der Waals surface area contributed by atoms with Crippen LogP contribution in [-0.2, 0) is 35.1 Å². The molecule has 2 aromatic heterocycles. The Bertz CT molecular complexity index is 3730. The zero-order valence-corrected chi connectivity index (χ0v) is 48.0. The van der Waals surface area contributed by atoms with E-state index in [1.807, 2.05) is 206 Å². The summed E-state index contributed by atoms with van der Waals surface area (Å²) < 4.78 is 7.27. The number of nitrogens with zero attached hydrogens (tertiary/aromatic N) is 5. The van der Waals surface area contributed by atoms with Gasteiger partial charge in [-0.25, -0.2) is 9.78 Å². The first-order valence-corrected chi connectivity index (χ1v) is 29.8. The summed E-state index contributed by atoms with van der Waals surface area (Å²) in [6, 6.07) is 76.0. The van der Waals surface area contributed by atoms with E-state index in [-0.39, 0.29) is 25.9 Å². The quantitative estimate of drug-likeness (QED) is 0.0264. The zero-order valence-electron chi connectivity index (χ0n) is 44.0. The number of thiazole rings is 1. The number of carbonyl (C=O) groups excluding carboxylic acids is 3. The van der Waals surface area contributed by atoms with Crippen molar-refractivity contribution in [1.82, 2.24) is 25.4 Å². The van der Waals surface area contributed by atoms with Crippen LogP contribution in [0.25, 0.3) is 0 Å². The van der Waals surface area contributed by atoms with Crippen molar-refractivity contribution in [3.05, 3.63) is 312 Å². The summed E-state index contributed by atoms with van der Waals surface area (Å²) in [5.41, 5.74) is 3.67. The summed E-state index contributed by atoms with van der Waals surface area (Å²) in [5, 5.41) is 20.3. The number of esters is 1. The van der Waals surface area contributed by atoms with Crippen LogP contribution in [0.1, 0.15) is 69.1 Å². The Hall–Kier alpha value is -8.70. The number of thioether (sulfide) groups is 1. The molecule has 1 saturated heterocycles. The highest BCUT2D eigenvalue weighted by atomic mass is 35.5. The number of hydrogen-bond acceptors (Lipinski definition) is 13. The number of aromatic nitrogens is 3. The summed E-state index contributed by atoms with van der Waals surface area (Å²) in [5.74, 6) is -2.07. The molecular formula is C66H49Cl2N7O5S3. The van der Waals surface area contributed by atoms with Crippen LogP contribution >= 0.6 is 57.6 Å². The highest BCUT2D eigenvalue weighted by Crippen LogP contribution is 2.47. The van der Waals surface area contributed by atoms with Crippen LogP contribution in [0.5, 0.6) is 0 Å². The van der Waals surface area contributed by atoms with Gasteiger partial charge in [-0.05, 0) is 52.3 Å². The van der Waals surface area contributed by atoms with Crippen molar-refractivity contribution < 1.29 is 24.0 Å². The van der Waals surface area contributed by atoms with E-state index in [2.05, 4.69) is 57.2 Å². The van der Waals surface area contributed by atoms with Crippen LogP contribution in [0.2, 0.25) is 8.80 Å². The molecule has 17 heteroatoms. The molecule has 2 aliphatic rings. The Morgan fingerprint density at radius 3 is 1.51 bits per heavy atom. The maximum atomic E-state index is 15.6. The Morgan fingerprint density at radius 1 is 0.614 bits per heavy atom. The third-order valence-electron chi connectivity index (χ3n) is 14.6. The Balaban J connectivity index is 0.951. The van der Waals surface area contributed by atoms with Crippen LogP contribution in [0, 0.1) is 0 Å². The molecule has 0 saturated carbocycles. The topological polar surface area (TPSA) is 148 Å². The zero-order chi connectivity index (χ0) is 56.8. The van der Waals surface area contributed by atoms with Crippen molar-refractivity contribution in [2.75, 3.05) is 5.32 Å². The van der Waals surface area contributed by atoms with Gasteiger partial charge in [-0.2, -0.15) is 0 Å². The maximum Gasteiger partial charge on any atom is 0.356 e. The van der Waals surface area contributed by atoms with Crippen molar-refractivity contribution in [2.24, 2.45) is 5.16 Å². The average Bonchev–Trinajstić information content (AvgIpc) is 4.10. The molecule has 1 fully saturated rings. The predicted molar refractivity (Wildman–Crippen MR) is 327 cm³/mol. The molecule has 8 aromatic carbocycles. The number of allylic oxidation sites excluding steroid dienone is 1. The number of amides is 2. The van der Waals surface area contributed by atoms with Crippen LogP contribution in [0.3, 0.4) is 0 Å². The molecule has 12 nitrogen and oxygen atoms in total. The first-order chi connectivity index (χ1) is 40.7. The van der Waals surface area contributed by atoms with E-state index < -0.39 is 47.1 Å². The molecule has 2 atom stereocenters. The molecule has 0 spiro atoms. The molecule has 2 amide bonds. The van der Waals surface area contributed by atoms with Gasteiger partial charge in [0.1, 0.15) is 27.3 Å². The lowest BCUT2D eigenvalue weighted by Crippen LogP contribution is -2.72. The summed E-state index contributed by atoms with van der Waals surface area (Å²) in [6.45, 7) is 0. The minimum Gasteiger partial charge on any atom is -0.448 e. The minimum atomic E-state index is -1.43. The van der Waals surface area contributed by atoms with Gasteiger partial charge in [0, 0.05) is 21.6 Å². The molecule has 0 radical (unpaired) electrons. The summed E-state index contributed by atoms with van der Waals surface area (Å²) >= 11 is 17.1. The third kappa shape index (κ3) is 11.0. The first-order valence-electron chi connectivity index (χ1n) is 26.6. The van der Waals surface area contributed by atoms with Gasteiger partial charge in [-0.3, -0.25) is 14.5 Å². The van der Waals surface area contributed by atoms with Gasteiger partial charge in [-0.1, -0.05) is 294 Å². The first kappa shape index (κ1) is 54.9. The van der Waals surface area contributed by atoms with Crippen LogP contribution in [0.15, 0.2) is 263 Å². The molecule has 10 aromatic rings. The third-order valence-corrected chi connectivity index (χ3v) is 18.0. The van der Waals surface area contributed by atoms with Gasteiger partial charge in [0.25, 0.3) is 11.8 Å². The lowest BCUT2D eigenvalue weighted by molar-refractivity contribution is -0.158. The Morgan fingerprint density at radius 2 is 1.06 bits per heavy atom. The van der Waals surface area contributed by atoms with Crippen LogP contribution < -0.4 is 10.6 Å². The lowest BCUT2D eigenvalue weighted by Gasteiger charge is -2.50. The number of benzene rings is 8. The van der Waals surface area contributed by atoms with E-state index in [0.717, 1.165) is 67.2 Å². The second-order valence-electron chi connectivity index (χ2n) is 19.5. The van der Waals surface area contributed by atoms with Crippen molar-refractivity contribution in [3.63, 3.8) is 0 Å². The summed E-state index contributed by atoms with van der Waals surface area (Å²) in [4.78, 5) is 59.8. The van der Waals surface area contributed by atoms with E-state index in [4.69, 9.17) is 42.9 Å². The van der Waals surface area contributed by atoms with E-state index in [1.165, 1.54) is 16.7 Å². The van der Waals surface area contributed by atoms with E-state index in [0.29, 0.717) is 27.2 Å². The monoisotopic (exact) mass is 1190 g/mol. The van der Waals surface area contributed by atoms with Gasteiger partial charge in [0.05, 0.1) is 6.04 Å². The number of anilines is 1. The molecule has 4 heterocycles. The number of oxime groups is 1. The molecule has 83 heavy (non-hydrogen) atoms. The lowest BCUT2D eigenvalue weighted by atomic mass is 9.77. The fraction of sp³-hybridized carbons (Fsp3) is 0.106. The summed E-state index contributed by atoms with van der Waals surface area (Å²) in [7, 11) is 0. The standard InChI is InChI=1S/C66H49Cl2N7O5S3/c67-58-54(70-63(82-58)71-65(45-29-13-3-14-30-45,46-31-15-4-16-32-46)47-33-17-5-18-34-47)55(74-80-66(48-35-19-6-20-36-48,49-37-21-7-22-38-49)50-39-23-8-24-40-50)59(76)69-53-51-41-42-52(81-64-73-72-62(68)83-64)56(75(51)60(53)77)61(78)79-57(43-25-9-1-10-26-43)44-27-11-2-12-28-44/h1-40,51,53,57H,41-42H2,(H,69,76)(H,70,71)/b74-55-. The van der Waals surface area contributed by atoms with Gasteiger partial charge in [0.2, 0.25) is 10.1 Å². The SMILES string of the molecule is O=C(OC(c1ccccc1)c1ccccc1)C1=C(Sc2nnc(Cl)s2)CCC2C(NC(=O)/C(=N\OC(c3ccccc3)(c3ccccc3)c3ccccc3)c3nc(NC(c4ccccc4)(c4ccccc4)c4ccccc4)sc3Cl)C(=O)N12. The van der Waals surface area contributed by atoms with Crippen molar-refractivity contribution in [2.45, 2.75) is 46.5 Å². The second kappa shape index (κ2) is 24.4. The number of carbonyl (C=O) groups is 3. The number of ether oxygens (including phenoxy) is 1. The molecule has 0 aliphatic carbocycles. The highest BCUT2D eigenvalue weighted by molar-refractivity contribution is 8.04. The minimum absolute atomic E-state index is 0.00143. The molecule has 0 bridgehead atoms. The summed E-state index contributed by atoms with van der Waals surface area (Å²) in [6.07, 6.45) is -0.136. The molecule has 410 valence electrons. The van der Waals surface area contributed by atoms with Gasteiger partial charge >= 0.3 is 5.97 Å². The molecule has 12 rings (SSSR count). The number of rotatable bonds is 19. The Labute approximate surface area is 501 Å². The maximum absolute atomic E-state index is 15.6. The normalized spacial score (nSPS) is 15.3. The number of β-lactam (4-membered cyclic amide) rings is 1. The average molecular weight is 1190 g/mol. The number of halogens is 2. The largest absolute Gasteiger partial charge is 0.448 e. The van der Waals surface area contributed by atoms with Crippen LogP contribution in [-0.4, -0.2) is 55.7 Å². The van der Waals surface area contributed by atoms with Crippen molar-refractivity contribution >= 4 is 86.3 Å².